The molecule has 0 atom stereocenters. The zero-order valence-corrected chi connectivity index (χ0v) is 9.07. The van der Waals surface area contributed by atoms with Crippen LogP contribution in [0.1, 0.15) is 30.9 Å². The Hall–Kier alpha value is -1.57. The van der Waals surface area contributed by atoms with E-state index in [9.17, 15) is 4.79 Å². The molecule has 0 aromatic heterocycles. The first-order valence-corrected chi connectivity index (χ1v) is 5.29. The first-order valence-electron chi connectivity index (χ1n) is 5.29. The topological polar surface area (TPSA) is 43.1 Å². The average molecular weight is 203 g/mol. The van der Waals surface area contributed by atoms with Crippen LogP contribution in [0.4, 0.5) is 0 Å². The van der Waals surface area contributed by atoms with E-state index in [1.54, 1.807) is 6.08 Å². The minimum absolute atomic E-state index is 0.408. The minimum Gasteiger partial charge on any atom is -0.366 e. The number of hydrogen-bond acceptors (Lipinski definition) is 1. The SMILES string of the molecule is CCCCc1cccc(C=CC(N)=O)c1. The number of nitrogens with two attached hydrogens (primary N) is 1. The van der Waals surface area contributed by atoms with Gasteiger partial charge < -0.3 is 5.73 Å². The molecule has 2 N–H and O–H groups in total. The van der Waals surface area contributed by atoms with Crippen LogP contribution in [0.15, 0.2) is 30.3 Å². The maximum atomic E-state index is 10.6. The molecule has 0 aliphatic rings. The van der Waals surface area contributed by atoms with E-state index in [-0.39, 0.29) is 0 Å². The second-order valence-corrected chi connectivity index (χ2v) is 3.58. The number of unbranched alkanes of at least 4 members (excludes halogenated alkanes) is 1. The van der Waals surface area contributed by atoms with Crippen LogP contribution in [-0.2, 0) is 11.2 Å². The first-order chi connectivity index (χ1) is 7.22. The summed E-state index contributed by atoms with van der Waals surface area (Å²) in [5, 5.41) is 0. The first kappa shape index (κ1) is 11.5. The molecule has 0 fully saturated rings. The summed E-state index contributed by atoms with van der Waals surface area (Å²) in [6.07, 6.45) is 6.62. The second kappa shape index (κ2) is 6.02. The Kier molecular flexibility index (Phi) is 4.61. The Morgan fingerprint density at radius 3 is 2.93 bits per heavy atom. The Morgan fingerprint density at radius 2 is 2.27 bits per heavy atom. The van der Waals surface area contributed by atoms with E-state index in [2.05, 4.69) is 19.1 Å². The zero-order valence-electron chi connectivity index (χ0n) is 9.07. The molecule has 0 aliphatic heterocycles. The molecule has 1 amide bonds. The van der Waals surface area contributed by atoms with Crippen molar-refractivity contribution in [3.05, 3.63) is 41.5 Å². The van der Waals surface area contributed by atoms with Crippen molar-refractivity contribution < 1.29 is 4.79 Å². The summed E-state index contributed by atoms with van der Waals surface area (Å²) in [4.78, 5) is 10.6. The molecular weight excluding hydrogens is 186 g/mol. The van der Waals surface area contributed by atoms with E-state index in [1.807, 2.05) is 12.1 Å². The van der Waals surface area contributed by atoms with E-state index < -0.39 is 5.91 Å². The molecule has 15 heavy (non-hydrogen) atoms. The molecule has 0 aliphatic carbocycles. The summed E-state index contributed by atoms with van der Waals surface area (Å²) in [5.74, 6) is -0.408. The van der Waals surface area contributed by atoms with Crippen molar-refractivity contribution in [2.24, 2.45) is 5.73 Å². The molecule has 1 aromatic carbocycles. The number of benzene rings is 1. The highest BCUT2D eigenvalue weighted by Gasteiger charge is 1.93. The number of rotatable bonds is 5. The minimum atomic E-state index is -0.408. The summed E-state index contributed by atoms with van der Waals surface area (Å²) in [5.41, 5.74) is 7.37. The van der Waals surface area contributed by atoms with Crippen LogP contribution in [0.25, 0.3) is 6.08 Å². The Labute approximate surface area is 90.8 Å². The molecule has 2 heteroatoms. The number of amides is 1. The average Bonchev–Trinajstić information content (AvgIpc) is 2.24. The van der Waals surface area contributed by atoms with Gasteiger partial charge in [0.1, 0.15) is 0 Å². The maximum Gasteiger partial charge on any atom is 0.241 e. The van der Waals surface area contributed by atoms with Crippen molar-refractivity contribution in [1.29, 1.82) is 0 Å². The predicted octanol–water partition coefficient (Wildman–Crippen LogP) is 2.53. The number of primary amides is 1. The van der Waals surface area contributed by atoms with E-state index in [4.69, 9.17) is 5.73 Å². The molecule has 0 radical (unpaired) electrons. The summed E-state index contributed by atoms with van der Waals surface area (Å²) >= 11 is 0. The van der Waals surface area contributed by atoms with Gasteiger partial charge in [0.25, 0.3) is 0 Å². The third-order valence-corrected chi connectivity index (χ3v) is 2.21. The lowest BCUT2D eigenvalue weighted by Gasteiger charge is -2.00. The number of hydrogen-bond donors (Lipinski definition) is 1. The van der Waals surface area contributed by atoms with Gasteiger partial charge in [-0.25, -0.2) is 0 Å². The Morgan fingerprint density at radius 1 is 1.47 bits per heavy atom. The lowest BCUT2D eigenvalue weighted by molar-refractivity contribution is -0.113. The molecule has 1 aromatic rings. The van der Waals surface area contributed by atoms with Crippen LogP contribution in [0.5, 0.6) is 0 Å². The van der Waals surface area contributed by atoms with Crippen molar-refractivity contribution in [2.75, 3.05) is 0 Å². The molecule has 2 nitrogen and oxygen atoms in total. The lowest BCUT2D eigenvalue weighted by atomic mass is 10.1. The number of carbonyl (C=O) groups excluding carboxylic acids is 1. The largest absolute Gasteiger partial charge is 0.366 e. The molecule has 0 bridgehead atoms. The van der Waals surface area contributed by atoms with Crippen molar-refractivity contribution >= 4 is 12.0 Å². The molecular formula is C13H17NO. The van der Waals surface area contributed by atoms with Crippen LogP contribution < -0.4 is 5.73 Å². The van der Waals surface area contributed by atoms with Crippen LogP contribution in [0.2, 0.25) is 0 Å². The maximum absolute atomic E-state index is 10.6. The van der Waals surface area contributed by atoms with E-state index in [1.165, 1.54) is 24.5 Å². The second-order valence-electron chi connectivity index (χ2n) is 3.58. The monoisotopic (exact) mass is 203 g/mol. The van der Waals surface area contributed by atoms with Crippen LogP contribution in [0, 0.1) is 0 Å². The summed E-state index contributed by atoms with van der Waals surface area (Å²) < 4.78 is 0. The van der Waals surface area contributed by atoms with Crippen LogP contribution >= 0.6 is 0 Å². The lowest BCUT2D eigenvalue weighted by Crippen LogP contribution is -2.05. The van der Waals surface area contributed by atoms with Gasteiger partial charge in [0.2, 0.25) is 5.91 Å². The van der Waals surface area contributed by atoms with Gasteiger partial charge in [-0.3, -0.25) is 4.79 Å². The fraction of sp³-hybridized carbons (Fsp3) is 0.308. The molecule has 80 valence electrons. The summed E-state index contributed by atoms with van der Waals surface area (Å²) in [6, 6.07) is 8.17. The van der Waals surface area contributed by atoms with Crippen molar-refractivity contribution in [3.63, 3.8) is 0 Å². The number of carbonyl (C=O) groups is 1. The van der Waals surface area contributed by atoms with Gasteiger partial charge in [0.05, 0.1) is 0 Å². The van der Waals surface area contributed by atoms with Gasteiger partial charge in [-0.05, 0) is 30.0 Å². The van der Waals surface area contributed by atoms with Crippen molar-refractivity contribution in [1.82, 2.24) is 0 Å². The quantitative estimate of drug-likeness (QED) is 0.734. The Bertz CT molecular complexity index is 355. The highest BCUT2D eigenvalue weighted by molar-refractivity contribution is 5.90. The van der Waals surface area contributed by atoms with E-state index in [0.717, 1.165) is 12.0 Å². The summed E-state index contributed by atoms with van der Waals surface area (Å²) in [7, 11) is 0. The Balaban J connectivity index is 2.69. The molecule has 0 spiro atoms. The summed E-state index contributed by atoms with van der Waals surface area (Å²) in [6.45, 7) is 2.18. The van der Waals surface area contributed by atoms with Gasteiger partial charge >= 0.3 is 0 Å². The van der Waals surface area contributed by atoms with Crippen molar-refractivity contribution in [3.8, 4) is 0 Å². The smallest absolute Gasteiger partial charge is 0.241 e. The van der Waals surface area contributed by atoms with Crippen LogP contribution in [0.3, 0.4) is 0 Å². The molecule has 0 saturated carbocycles. The third-order valence-electron chi connectivity index (χ3n) is 2.21. The van der Waals surface area contributed by atoms with Gasteiger partial charge in [-0.1, -0.05) is 37.6 Å². The van der Waals surface area contributed by atoms with Gasteiger partial charge in [-0.15, -0.1) is 0 Å². The molecule has 0 saturated heterocycles. The highest BCUT2D eigenvalue weighted by atomic mass is 16.1. The fourth-order valence-corrected chi connectivity index (χ4v) is 1.41. The molecule has 0 heterocycles. The molecule has 0 unspecified atom stereocenters. The zero-order chi connectivity index (χ0) is 11.1. The standard InChI is InChI=1S/C13H17NO/c1-2-3-5-11-6-4-7-12(10-11)8-9-13(14)15/h4,6-10H,2-3,5H2,1H3,(H2,14,15). The van der Waals surface area contributed by atoms with E-state index in [0.29, 0.717) is 0 Å². The third kappa shape index (κ3) is 4.45. The number of aryl methyl sites for hydroxylation is 1. The van der Waals surface area contributed by atoms with Gasteiger partial charge in [0.15, 0.2) is 0 Å². The molecule has 1 rings (SSSR count). The van der Waals surface area contributed by atoms with Gasteiger partial charge in [0, 0.05) is 6.08 Å². The van der Waals surface area contributed by atoms with Crippen LogP contribution in [-0.4, -0.2) is 5.91 Å². The fourth-order valence-electron chi connectivity index (χ4n) is 1.41. The predicted molar refractivity (Wildman–Crippen MR) is 63.3 cm³/mol. The highest BCUT2D eigenvalue weighted by Crippen LogP contribution is 2.09. The normalized spacial score (nSPS) is 10.7. The van der Waals surface area contributed by atoms with Crippen molar-refractivity contribution in [2.45, 2.75) is 26.2 Å². The van der Waals surface area contributed by atoms with Gasteiger partial charge in [-0.2, -0.15) is 0 Å². The van der Waals surface area contributed by atoms with E-state index >= 15 is 0 Å².